The van der Waals surface area contributed by atoms with Crippen LogP contribution in [0.5, 0.6) is 0 Å². The molecule has 40 heavy (non-hydrogen) atoms. The molecule has 4 atom stereocenters. The van der Waals surface area contributed by atoms with Gasteiger partial charge in [0.1, 0.15) is 18.5 Å². The number of amides is 3. The highest BCUT2D eigenvalue weighted by atomic mass is 19.3. The Morgan fingerprint density at radius 3 is 2.42 bits per heavy atom. The van der Waals surface area contributed by atoms with E-state index in [1.54, 1.807) is 17.9 Å². The maximum atomic E-state index is 15.2. The number of nitrogens with zero attached hydrogens (tertiary/aromatic N) is 2. The molecule has 1 aliphatic heterocycles. The van der Waals surface area contributed by atoms with Crippen molar-refractivity contribution in [1.82, 2.24) is 15.1 Å². The number of methoxy groups -OCH3 is 1. The second kappa shape index (κ2) is 14.1. The van der Waals surface area contributed by atoms with Crippen LogP contribution in [-0.2, 0) is 19.1 Å². The summed E-state index contributed by atoms with van der Waals surface area (Å²) in [5, 5.41) is 5.24. The molecule has 9 nitrogen and oxygen atoms in total. The lowest BCUT2D eigenvalue weighted by molar-refractivity contribution is -0.140. The summed E-state index contributed by atoms with van der Waals surface area (Å²) in [5.74, 6) is -2.93. The summed E-state index contributed by atoms with van der Waals surface area (Å²) in [4.78, 5) is 42.5. The number of nitrogens with two attached hydrogens (primary N) is 1. The second-order valence-electron chi connectivity index (χ2n) is 10.8. The zero-order chi connectivity index (χ0) is 29.6. The smallest absolute Gasteiger partial charge is 0.269 e. The molecule has 0 spiro atoms. The average molecular weight is 568 g/mol. The molecule has 1 aliphatic carbocycles. The molecule has 1 saturated carbocycles. The van der Waals surface area contributed by atoms with Crippen LogP contribution in [0.15, 0.2) is 29.9 Å². The van der Waals surface area contributed by atoms with Gasteiger partial charge in [0.15, 0.2) is 0 Å². The minimum absolute atomic E-state index is 0.0817. The highest BCUT2D eigenvalue weighted by molar-refractivity contribution is 5.95. The van der Waals surface area contributed by atoms with E-state index in [0.29, 0.717) is 38.0 Å². The van der Waals surface area contributed by atoms with Gasteiger partial charge in [0.25, 0.3) is 6.08 Å². The molecule has 3 rings (SSSR count). The number of hydrogen-bond donors (Lipinski definition) is 3. The van der Waals surface area contributed by atoms with E-state index < -0.39 is 41.7 Å². The normalized spacial score (nSPS) is 22.3. The van der Waals surface area contributed by atoms with Gasteiger partial charge < -0.3 is 30.9 Å². The maximum Gasteiger partial charge on any atom is 0.269 e. The first kappa shape index (κ1) is 31.6. The van der Waals surface area contributed by atoms with E-state index in [9.17, 15) is 23.2 Å². The van der Waals surface area contributed by atoms with Gasteiger partial charge in [-0.25, -0.2) is 4.39 Å². The molecule has 1 heterocycles. The number of carbonyl (C=O) groups excluding carboxylic acids is 3. The summed E-state index contributed by atoms with van der Waals surface area (Å²) in [6.45, 7) is 5.21. The summed E-state index contributed by atoms with van der Waals surface area (Å²) >= 11 is 0. The average Bonchev–Trinajstić information content (AvgIpc) is 2.93. The SMILES string of the molecule is COCC(=O)N[C@@H](C(=O)N1CCN(C)[C@H](C)C1)[C@@H](C)c1ccc(NC(=O)[C@@H](N)C2CCC(=C(F)F)CC2)c(F)c1. The summed E-state index contributed by atoms with van der Waals surface area (Å²) < 4.78 is 45.7. The van der Waals surface area contributed by atoms with E-state index in [2.05, 4.69) is 15.5 Å². The first-order valence-corrected chi connectivity index (χ1v) is 13.6. The molecular formula is C28H40F3N5O4. The number of anilines is 1. The van der Waals surface area contributed by atoms with Crippen LogP contribution < -0.4 is 16.4 Å². The molecule has 1 saturated heterocycles. The van der Waals surface area contributed by atoms with Gasteiger partial charge in [-0.05, 0) is 68.8 Å². The highest BCUT2D eigenvalue weighted by Crippen LogP contribution is 2.33. The van der Waals surface area contributed by atoms with Gasteiger partial charge in [-0.15, -0.1) is 0 Å². The Morgan fingerprint density at radius 1 is 1.18 bits per heavy atom. The fourth-order valence-electron chi connectivity index (χ4n) is 5.27. The molecule has 0 aromatic heterocycles. The van der Waals surface area contributed by atoms with Gasteiger partial charge in [-0.1, -0.05) is 13.0 Å². The molecule has 0 unspecified atom stereocenters. The van der Waals surface area contributed by atoms with Crippen molar-refractivity contribution in [3.8, 4) is 0 Å². The van der Waals surface area contributed by atoms with E-state index >= 15 is 4.39 Å². The van der Waals surface area contributed by atoms with E-state index in [0.717, 1.165) is 0 Å². The Balaban J connectivity index is 1.72. The second-order valence-corrected chi connectivity index (χ2v) is 10.8. The minimum atomic E-state index is -1.67. The fraction of sp³-hybridized carbons (Fsp3) is 0.607. The van der Waals surface area contributed by atoms with Crippen LogP contribution in [0, 0.1) is 11.7 Å². The van der Waals surface area contributed by atoms with Crippen molar-refractivity contribution < 1.29 is 32.3 Å². The van der Waals surface area contributed by atoms with E-state index in [1.807, 2.05) is 14.0 Å². The van der Waals surface area contributed by atoms with Crippen molar-refractivity contribution in [3.63, 3.8) is 0 Å². The number of allylic oxidation sites excluding steroid dienone is 1. The predicted octanol–water partition coefficient (Wildman–Crippen LogP) is 2.83. The van der Waals surface area contributed by atoms with Crippen LogP contribution in [0.4, 0.5) is 18.9 Å². The van der Waals surface area contributed by atoms with E-state index in [1.165, 1.54) is 19.2 Å². The van der Waals surface area contributed by atoms with E-state index in [4.69, 9.17) is 10.5 Å². The Labute approximate surface area is 233 Å². The predicted molar refractivity (Wildman–Crippen MR) is 145 cm³/mol. The number of piperazine rings is 1. The van der Waals surface area contributed by atoms with Crippen molar-refractivity contribution in [2.75, 3.05) is 45.7 Å². The van der Waals surface area contributed by atoms with Gasteiger partial charge in [-0.3, -0.25) is 14.4 Å². The summed E-state index contributed by atoms with van der Waals surface area (Å²) in [5.41, 5.74) is 6.56. The molecule has 0 radical (unpaired) electrons. The lowest BCUT2D eigenvalue weighted by Crippen LogP contribution is -2.58. The van der Waals surface area contributed by atoms with Crippen molar-refractivity contribution in [3.05, 3.63) is 41.2 Å². The largest absolute Gasteiger partial charge is 0.375 e. The Bertz CT molecular complexity index is 1100. The van der Waals surface area contributed by atoms with Gasteiger partial charge in [0.05, 0.1) is 11.7 Å². The van der Waals surface area contributed by atoms with Gasteiger partial charge in [-0.2, -0.15) is 8.78 Å². The fourth-order valence-corrected chi connectivity index (χ4v) is 5.27. The van der Waals surface area contributed by atoms with Crippen molar-refractivity contribution >= 4 is 23.4 Å². The zero-order valence-electron chi connectivity index (χ0n) is 23.5. The Kier molecular flexibility index (Phi) is 11.1. The van der Waals surface area contributed by atoms with Crippen molar-refractivity contribution in [2.24, 2.45) is 11.7 Å². The van der Waals surface area contributed by atoms with Gasteiger partial charge in [0.2, 0.25) is 17.7 Å². The molecule has 222 valence electrons. The molecule has 4 N–H and O–H groups in total. The van der Waals surface area contributed by atoms with Gasteiger partial charge >= 0.3 is 0 Å². The van der Waals surface area contributed by atoms with Crippen molar-refractivity contribution in [1.29, 1.82) is 0 Å². The lowest BCUT2D eigenvalue weighted by atomic mass is 9.81. The topological polar surface area (TPSA) is 117 Å². The molecule has 2 aliphatic rings. The summed E-state index contributed by atoms with van der Waals surface area (Å²) in [6, 6.07) is 2.43. The third kappa shape index (κ3) is 7.82. The number of halogens is 3. The lowest BCUT2D eigenvalue weighted by Gasteiger charge is -2.40. The summed E-state index contributed by atoms with van der Waals surface area (Å²) in [6.07, 6.45) is -0.591. The number of ether oxygens (including phenoxy) is 1. The Hall–Kier alpha value is -2.96. The molecule has 0 bridgehead atoms. The zero-order valence-corrected chi connectivity index (χ0v) is 23.5. The highest BCUT2D eigenvalue weighted by Gasteiger charge is 2.35. The van der Waals surface area contributed by atoms with Crippen LogP contribution in [-0.4, -0.2) is 86.0 Å². The van der Waals surface area contributed by atoms with Crippen LogP contribution in [0.2, 0.25) is 0 Å². The molecular weight excluding hydrogens is 527 g/mol. The summed E-state index contributed by atoms with van der Waals surface area (Å²) in [7, 11) is 3.36. The standard InChI is InChI=1S/C28H40F3N5O4/c1-16-14-36(12-11-35(16)3)28(39)25(34-23(37)15-40-4)17(2)20-9-10-22(21(29)13-20)33-27(38)24(32)18-5-7-19(8-6-18)26(30)31/h9-10,13,16-18,24-25H,5-8,11-12,14-15,32H2,1-4H3,(H,33,38)(H,34,37)/t16-,17+,24+,25-/m1/s1. The minimum Gasteiger partial charge on any atom is -0.375 e. The number of likely N-dealkylation sites (N-methyl/N-ethyl adjacent to an activating group) is 1. The molecule has 3 amide bonds. The number of hydrogen-bond acceptors (Lipinski definition) is 6. The third-order valence-corrected chi connectivity index (χ3v) is 8.12. The maximum absolute atomic E-state index is 15.2. The van der Waals surface area contributed by atoms with Crippen molar-refractivity contribution in [2.45, 2.75) is 63.6 Å². The van der Waals surface area contributed by atoms with E-state index in [-0.39, 0.29) is 48.6 Å². The van der Waals surface area contributed by atoms with Crippen LogP contribution in [0.1, 0.15) is 51.0 Å². The van der Waals surface area contributed by atoms with Crippen LogP contribution in [0.3, 0.4) is 0 Å². The van der Waals surface area contributed by atoms with Gasteiger partial charge in [0, 0.05) is 38.7 Å². The quantitative estimate of drug-likeness (QED) is 0.423. The van der Waals surface area contributed by atoms with Crippen LogP contribution >= 0.6 is 0 Å². The molecule has 12 heteroatoms. The number of nitrogens with one attached hydrogen (secondary N) is 2. The molecule has 2 fully saturated rings. The number of benzene rings is 1. The monoisotopic (exact) mass is 567 g/mol. The number of rotatable bonds is 9. The van der Waals surface area contributed by atoms with Crippen LogP contribution in [0.25, 0.3) is 0 Å². The first-order valence-electron chi connectivity index (χ1n) is 13.6. The molecule has 1 aromatic rings. The third-order valence-electron chi connectivity index (χ3n) is 8.12. The first-order chi connectivity index (χ1) is 18.9. The number of carbonyl (C=O) groups is 3. The Morgan fingerprint density at radius 2 is 1.85 bits per heavy atom. The molecule has 1 aromatic carbocycles.